The number of carbonyl (C=O) groups excluding carboxylic acids is 1. The molecule has 0 saturated heterocycles. The van der Waals surface area contributed by atoms with Crippen LogP contribution in [-0.2, 0) is 12.8 Å². The normalized spacial score (nSPS) is 14.2. The third-order valence-corrected chi connectivity index (χ3v) is 6.09. The second-order valence-corrected chi connectivity index (χ2v) is 8.43. The molecule has 1 aliphatic carbocycles. The van der Waals surface area contributed by atoms with Gasteiger partial charge < -0.3 is 0 Å². The van der Waals surface area contributed by atoms with Crippen molar-refractivity contribution in [2.75, 3.05) is 0 Å². The predicted molar refractivity (Wildman–Crippen MR) is 107 cm³/mol. The van der Waals surface area contributed by atoms with Crippen LogP contribution < -0.4 is 0 Å². The number of fused-ring (bicyclic) bond motifs is 1. The standard InChI is InChI=1S/C21H22N4OS/c1-13-7-10-19(14(2)11-13)25-21(22-23-24-25)27-15(3)20(26)18-9-8-16-5-4-6-17(16)12-18/h7-12,15H,4-6H2,1-3H3. The first-order valence-electron chi connectivity index (χ1n) is 9.21. The van der Waals surface area contributed by atoms with E-state index in [0.717, 1.165) is 29.7 Å². The molecule has 4 rings (SSSR count). The molecule has 27 heavy (non-hydrogen) atoms. The van der Waals surface area contributed by atoms with Crippen molar-refractivity contribution in [3.8, 4) is 5.69 Å². The van der Waals surface area contributed by atoms with Crippen LogP contribution in [0.2, 0.25) is 0 Å². The monoisotopic (exact) mass is 378 g/mol. The Morgan fingerprint density at radius 2 is 1.93 bits per heavy atom. The van der Waals surface area contributed by atoms with Crippen LogP contribution in [0.4, 0.5) is 0 Å². The van der Waals surface area contributed by atoms with Gasteiger partial charge in [-0.3, -0.25) is 4.79 Å². The van der Waals surface area contributed by atoms with E-state index in [1.54, 1.807) is 4.68 Å². The minimum atomic E-state index is -0.264. The van der Waals surface area contributed by atoms with E-state index in [9.17, 15) is 4.79 Å². The van der Waals surface area contributed by atoms with Gasteiger partial charge in [-0.05, 0) is 79.3 Å². The highest BCUT2D eigenvalue weighted by atomic mass is 32.2. The second kappa shape index (κ2) is 7.27. The average Bonchev–Trinajstić information content (AvgIpc) is 3.29. The molecule has 5 nitrogen and oxygen atoms in total. The fourth-order valence-corrected chi connectivity index (χ4v) is 4.50. The average molecular weight is 379 g/mol. The molecule has 3 aromatic rings. The molecule has 0 N–H and O–H groups in total. The number of hydrogen-bond acceptors (Lipinski definition) is 5. The van der Waals surface area contributed by atoms with E-state index in [1.165, 1.54) is 34.9 Å². The SMILES string of the molecule is Cc1ccc(-n2nnnc2SC(C)C(=O)c2ccc3c(c2)CCC3)c(C)c1. The molecule has 1 atom stereocenters. The Morgan fingerprint density at radius 3 is 2.74 bits per heavy atom. The van der Waals surface area contributed by atoms with Gasteiger partial charge in [-0.1, -0.05) is 41.6 Å². The molecule has 0 amide bonds. The van der Waals surface area contributed by atoms with Crippen molar-refractivity contribution in [2.24, 2.45) is 0 Å². The lowest BCUT2D eigenvalue weighted by atomic mass is 10.0. The maximum Gasteiger partial charge on any atom is 0.214 e. The van der Waals surface area contributed by atoms with Gasteiger partial charge >= 0.3 is 0 Å². The number of aromatic nitrogens is 4. The molecule has 138 valence electrons. The highest BCUT2D eigenvalue weighted by Gasteiger charge is 2.22. The van der Waals surface area contributed by atoms with Gasteiger partial charge in [0, 0.05) is 5.56 Å². The minimum absolute atomic E-state index is 0.116. The van der Waals surface area contributed by atoms with E-state index in [4.69, 9.17) is 0 Å². The zero-order chi connectivity index (χ0) is 19.0. The van der Waals surface area contributed by atoms with Crippen LogP contribution in [0.1, 0.15) is 46.0 Å². The van der Waals surface area contributed by atoms with Crippen molar-refractivity contribution >= 4 is 17.5 Å². The van der Waals surface area contributed by atoms with Gasteiger partial charge in [0.1, 0.15) is 0 Å². The number of aryl methyl sites for hydroxylation is 4. The summed E-state index contributed by atoms with van der Waals surface area (Å²) < 4.78 is 1.71. The van der Waals surface area contributed by atoms with E-state index in [0.29, 0.717) is 5.16 Å². The van der Waals surface area contributed by atoms with Crippen molar-refractivity contribution in [1.29, 1.82) is 0 Å². The smallest absolute Gasteiger partial charge is 0.214 e. The third kappa shape index (κ3) is 3.54. The first kappa shape index (κ1) is 17.9. The van der Waals surface area contributed by atoms with Crippen molar-refractivity contribution < 1.29 is 4.79 Å². The molecular formula is C21H22N4OS. The van der Waals surface area contributed by atoms with Crippen LogP contribution >= 0.6 is 11.8 Å². The number of rotatable bonds is 5. The summed E-state index contributed by atoms with van der Waals surface area (Å²) in [6.45, 7) is 6.02. The topological polar surface area (TPSA) is 60.7 Å². The van der Waals surface area contributed by atoms with Crippen LogP contribution in [0, 0.1) is 13.8 Å². The van der Waals surface area contributed by atoms with E-state index in [-0.39, 0.29) is 11.0 Å². The van der Waals surface area contributed by atoms with Crippen LogP contribution in [0.3, 0.4) is 0 Å². The summed E-state index contributed by atoms with van der Waals surface area (Å²) >= 11 is 1.40. The Labute approximate surface area is 163 Å². The molecule has 0 aliphatic heterocycles. The zero-order valence-corrected chi connectivity index (χ0v) is 16.6. The number of tetrazole rings is 1. The molecule has 0 saturated carbocycles. The van der Waals surface area contributed by atoms with Crippen LogP contribution in [0.5, 0.6) is 0 Å². The summed E-state index contributed by atoms with van der Waals surface area (Å²) in [4.78, 5) is 12.9. The van der Waals surface area contributed by atoms with E-state index in [2.05, 4.69) is 40.6 Å². The highest BCUT2D eigenvalue weighted by molar-refractivity contribution is 8.00. The van der Waals surface area contributed by atoms with Crippen molar-refractivity contribution in [3.63, 3.8) is 0 Å². The van der Waals surface area contributed by atoms with Crippen LogP contribution in [0.15, 0.2) is 41.6 Å². The van der Waals surface area contributed by atoms with Gasteiger partial charge in [-0.25, -0.2) is 0 Å². The summed E-state index contributed by atoms with van der Waals surface area (Å²) in [7, 11) is 0. The van der Waals surface area contributed by atoms with Gasteiger partial charge in [0.25, 0.3) is 0 Å². The van der Waals surface area contributed by atoms with Gasteiger partial charge in [0.15, 0.2) is 5.78 Å². The van der Waals surface area contributed by atoms with E-state index >= 15 is 0 Å². The maximum atomic E-state index is 12.9. The number of carbonyl (C=O) groups is 1. The Balaban J connectivity index is 1.56. The Hall–Kier alpha value is -2.47. The van der Waals surface area contributed by atoms with Gasteiger partial charge in [-0.15, -0.1) is 5.10 Å². The molecule has 0 radical (unpaired) electrons. The zero-order valence-electron chi connectivity index (χ0n) is 15.8. The first-order chi connectivity index (χ1) is 13.0. The quantitative estimate of drug-likeness (QED) is 0.493. The van der Waals surface area contributed by atoms with Crippen LogP contribution in [-0.4, -0.2) is 31.2 Å². The Morgan fingerprint density at radius 1 is 1.11 bits per heavy atom. The van der Waals surface area contributed by atoms with Gasteiger partial charge in [0.2, 0.25) is 5.16 Å². The Kier molecular flexibility index (Phi) is 4.83. The third-order valence-electron chi connectivity index (χ3n) is 5.06. The van der Waals surface area contributed by atoms with E-state index < -0.39 is 0 Å². The molecule has 0 spiro atoms. The number of Topliss-reactive ketones (excluding diaryl/α,β-unsaturated/α-hetero) is 1. The number of ketones is 1. The lowest BCUT2D eigenvalue weighted by molar-refractivity contribution is 0.0993. The molecule has 1 heterocycles. The summed E-state index contributed by atoms with van der Waals surface area (Å²) in [5, 5.41) is 12.5. The fraction of sp³-hybridized carbons (Fsp3) is 0.333. The lowest BCUT2D eigenvalue weighted by Crippen LogP contribution is -2.15. The summed E-state index contributed by atoms with van der Waals surface area (Å²) in [5.74, 6) is 0.116. The summed E-state index contributed by atoms with van der Waals surface area (Å²) in [6, 6.07) is 12.3. The van der Waals surface area contributed by atoms with E-state index in [1.807, 2.05) is 32.0 Å². The predicted octanol–water partition coefficient (Wildman–Crippen LogP) is 4.13. The Bertz CT molecular complexity index is 1010. The minimum Gasteiger partial charge on any atom is -0.293 e. The van der Waals surface area contributed by atoms with Gasteiger partial charge in [-0.2, -0.15) is 4.68 Å². The van der Waals surface area contributed by atoms with Crippen LogP contribution in [0.25, 0.3) is 5.69 Å². The maximum absolute atomic E-state index is 12.9. The van der Waals surface area contributed by atoms with Crippen molar-refractivity contribution in [1.82, 2.24) is 20.2 Å². The molecular weight excluding hydrogens is 356 g/mol. The summed E-state index contributed by atoms with van der Waals surface area (Å²) in [6.07, 6.45) is 3.38. The molecule has 0 bridgehead atoms. The molecule has 2 aromatic carbocycles. The number of thioether (sulfide) groups is 1. The number of benzene rings is 2. The highest BCUT2D eigenvalue weighted by Crippen LogP contribution is 2.28. The number of nitrogens with zero attached hydrogens (tertiary/aromatic N) is 4. The van der Waals surface area contributed by atoms with Gasteiger partial charge in [0.05, 0.1) is 10.9 Å². The van der Waals surface area contributed by atoms with Crippen molar-refractivity contribution in [2.45, 2.75) is 50.4 Å². The first-order valence-corrected chi connectivity index (χ1v) is 10.1. The molecule has 1 aliphatic rings. The molecule has 1 aromatic heterocycles. The second-order valence-electron chi connectivity index (χ2n) is 7.12. The molecule has 1 unspecified atom stereocenters. The van der Waals surface area contributed by atoms with Crippen molar-refractivity contribution in [3.05, 3.63) is 64.2 Å². The number of hydrogen-bond donors (Lipinski definition) is 0. The molecule has 6 heteroatoms. The summed E-state index contributed by atoms with van der Waals surface area (Å²) in [5.41, 5.74) is 6.70. The fourth-order valence-electron chi connectivity index (χ4n) is 3.62. The molecule has 0 fully saturated rings. The lowest BCUT2D eigenvalue weighted by Gasteiger charge is -2.12. The largest absolute Gasteiger partial charge is 0.293 e.